The topological polar surface area (TPSA) is 53.9 Å². The normalized spacial score (nSPS) is 14.1. The number of rotatable bonds is 7. The molecule has 21 heavy (non-hydrogen) atoms. The lowest BCUT2D eigenvalue weighted by Gasteiger charge is -2.21. The molecule has 1 saturated carbocycles. The van der Waals surface area contributed by atoms with Crippen molar-refractivity contribution in [1.82, 2.24) is 20.5 Å². The summed E-state index contributed by atoms with van der Waals surface area (Å²) in [7, 11) is 0. The fourth-order valence-corrected chi connectivity index (χ4v) is 2.19. The van der Waals surface area contributed by atoms with E-state index in [-0.39, 0.29) is 0 Å². The Kier molecular flexibility index (Phi) is 4.40. The first kappa shape index (κ1) is 13.9. The number of aromatic nitrogens is 3. The number of hydrogen-bond donors (Lipinski definition) is 1. The first-order valence-electron chi connectivity index (χ1n) is 7.56. The lowest BCUT2D eigenvalue weighted by Crippen LogP contribution is -2.24. The van der Waals surface area contributed by atoms with Crippen molar-refractivity contribution in [2.75, 3.05) is 11.4 Å². The third kappa shape index (κ3) is 3.98. The summed E-state index contributed by atoms with van der Waals surface area (Å²) in [6, 6.07) is 10.8. The molecule has 5 heteroatoms. The van der Waals surface area contributed by atoms with Crippen molar-refractivity contribution in [2.45, 2.75) is 38.9 Å². The first-order valence-corrected chi connectivity index (χ1v) is 7.56. The maximum atomic E-state index is 4.37. The SMILES string of the molecule is CCN(Cc1ccccn1)c1ccc(CNC2CC2)nn1. The molecule has 1 aliphatic carbocycles. The summed E-state index contributed by atoms with van der Waals surface area (Å²) in [5.74, 6) is 0.901. The smallest absolute Gasteiger partial charge is 0.151 e. The van der Waals surface area contributed by atoms with Gasteiger partial charge in [-0.05, 0) is 44.0 Å². The van der Waals surface area contributed by atoms with Crippen LogP contribution in [0, 0.1) is 0 Å². The molecule has 0 atom stereocenters. The van der Waals surface area contributed by atoms with E-state index in [4.69, 9.17) is 0 Å². The molecule has 1 N–H and O–H groups in total. The van der Waals surface area contributed by atoms with Gasteiger partial charge in [0, 0.05) is 25.3 Å². The Labute approximate surface area is 125 Å². The largest absolute Gasteiger partial charge is 0.350 e. The third-order valence-electron chi connectivity index (χ3n) is 3.64. The van der Waals surface area contributed by atoms with Gasteiger partial charge in [0.25, 0.3) is 0 Å². The lowest BCUT2D eigenvalue weighted by atomic mass is 10.3. The van der Waals surface area contributed by atoms with E-state index in [0.29, 0.717) is 6.04 Å². The molecule has 2 aromatic rings. The van der Waals surface area contributed by atoms with Gasteiger partial charge in [-0.1, -0.05) is 6.07 Å². The molecule has 0 saturated heterocycles. The Morgan fingerprint density at radius 1 is 1.14 bits per heavy atom. The van der Waals surface area contributed by atoms with Gasteiger partial charge in [-0.3, -0.25) is 4.98 Å². The molecule has 0 aromatic carbocycles. The fourth-order valence-electron chi connectivity index (χ4n) is 2.19. The Balaban J connectivity index is 1.62. The molecule has 1 fully saturated rings. The van der Waals surface area contributed by atoms with Crippen LogP contribution in [-0.4, -0.2) is 27.8 Å². The second kappa shape index (κ2) is 6.63. The van der Waals surface area contributed by atoms with Crippen LogP contribution >= 0.6 is 0 Å². The summed E-state index contributed by atoms with van der Waals surface area (Å²) in [6.07, 6.45) is 4.40. The molecular weight excluding hydrogens is 262 g/mol. The van der Waals surface area contributed by atoms with Crippen LogP contribution in [0.4, 0.5) is 5.82 Å². The minimum absolute atomic E-state index is 0.697. The first-order chi connectivity index (χ1) is 10.3. The second-order valence-corrected chi connectivity index (χ2v) is 5.37. The quantitative estimate of drug-likeness (QED) is 0.844. The van der Waals surface area contributed by atoms with E-state index in [1.807, 2.05) is 30.5 Å². The maximum absolute atomic E-state index is 4.37. The monoisotopic (exact) mass is 283 g/mol. The number of hydrogen-bond acceptors (Lipinski definition) is 5. The molecule has 0 unspecified atom stereocenters. The van der Waals surface area contributed by atoms with Crippen LogP contribution in [0.2, 0.25) is 0 Å². The molecular formula is C16H21N5. The van der Waals surface area contributed by atoms with Crippen molar-refractivity contribution in [1.29, 1.82) is 0 Å². The van der Waals surface area contributed by atoms with Crippen LogP contribution < -0.4 is 10.2 Å². The van der Waals surface area contributed by atoms with E-state index >= 15 is 0 Å². The second-order valence-electron chi connectivity index (χ2n) is 5.37. The van der Waals surface area contributed by atoms with E-state index in [2.05, 4.69) is 38.4 Å². The summed E-state index contributed by atoms with van der Waals surface area (Å²) in [5.41, 5.74) is 2.04. The molecule has 0 amide bonds. The molecule has 3 rings (SSSR count). The van der Waals surface area contributed by atoms with Gasteiger partial charge < -0.3 is 10.2 Å². The highest BCUT2D eigenvalue weighted by Crippen LogP contribution is 2.19. The van der Waals surface area contributed by atoms with E-state index < -0.39 is 0 Å². The zero-order valence-electron chi connectivity index (χ0n) is 12.4. The Hall–Kier alpha value is -2.01. The molecule has 110 valence electrons. The van der Waals surface area contributed by atoms with E-state index in [9.17, 15) is 0 Å². The van der Waals surface area contributed by atoms with Gasteiger partial charge >= 0.3 is 0 Å². The van der Waals surface area contributed by atoms with Crippen molar-refractivity contribution in [3.05, 3.63) is 47.9 Å². The Morgan fingerprint density at radius 2 is 2.05 bits per heavy atom. The Morgan fingerprint density at radius 3 is 2.67 bits per heavy atom. The van der Waals surface area contributed by atoms with E-state index in [1.165, 1.54) is 12.8 Å². The number of anilines is 1. The summed E-state index contributed by atoms with van der Waals surface area (Å²) in [6.45, 7) is 4.56. The molecule has 0 bridgehead atoms. The summed E-state index contributed by atoms with van der Waals surface area (Å²) >= 11 is 0. The van der Waals surface area contributed by atoms with Gasteiger partial charge in [0.15, 0.2) is 5.82 Å². The van der Waals surface area contributed by atoms with Gasteiger partial charge in [0.2, 0.25) is 0 Å². The lowest BCUT2D eigenvalue weighted by molar-refractivity contribution is 0.662. The van der Waals surface area contributed by atoms with Crippen LogP contribution in [0.1, 0.15) is 31.2 Å². The average molecular weight is 283 g/mol. The third-order valence-corrected chi connectivity index (χ3v) is 3.64. The fraction of sp³-hybridized carbons (Fsp3) is 0.438. The molecule has 0 aliphatic heterocycles. The van der Waals surface area contributed by atoms with Gasteiger partial charge in [0.05, 0.1) is 17.9 Å². The molecule has 1 aliphatic rings. The van der Waals surface area contributed by atoms with Crippen molar-refractivity contribution in [3.8, 4) is 0 Å². The highest BCUT2D eigenvalue weighted by Gasteiger charge is 2.20. The predicted octanol–water partition coefficient (Wildman–Crippen LogP) is 2.15. The van der Waals surface area contributed by atoms with Crippen LogP contribution in [0.5, 0.6) is 0 Å². The van der Waals surface area contributed by atoms with Crippen molar-refractivity contribution < 1.29 is 0 Å². The predicted molar refractivity (Wildman–Crippen MR) is 82.9 cm³/mol. The highest BCUT2D eigenvalue weighted by molar-refractivity contribution is 5.37. The van der Waals surface area contributed by atoms with Crippen molar-refractivity contribution in [2.24, 2.45) is 0 Å². The van der Waals surface area contributed by atoms with Gasteiger partial charge in [-0.25, -0.2) is 0 Å². The van der Waals surface area contributed by atoms with Crippen molar-refractivity contribution >= 4 is 5.82 Å². The zero-order valence-corrected chi connectivity index (χ0v) is 12.4. The van der Waals surface area contributed by atoms with Crippen LogP contribution in [0.25, 0.3) is 0 Å². The van der Waals surface area contributed by atoms with Crippen LogP contribution in [0.15, 0.2) is 36.5 Å². The van der Waals surface area contributed by atoms with Crippen LogP contribution in [-0.2, 0) is 13.1 Å². The number of pyridine rings is 1. The number of nitrogens with zero attached hydrogens (tertiary/aromatic N) is 4. The van der Waals surface area contributed by atoms with Crippen LogP contribution in [0.3, 0.4) is 0 Å². The molecule has 2 aromatic heterocycles. The van der Waals surface area contributed by atoms with Gasteiger partial charge in [-0.15, -0.1) is 5.10 Å². The van der Waals surface area contributed by atoms with Gasteiger partial charge in [0.1, 0.15) is 0 Å². The van der Waals surface area contributed by atoms with E-state index in [0.717, 1.165) is 36.8 Å². The number of nitrogens with one attached hydrogen (secondary N) is 1. The van der Waals surface area contributed by atoms with Crippen molar-refractivity contribution in [3.63, 3.8) is 0 Å². The minimum Gasteiger partial charge on any atom is -0.350 e. The maximum Gasteiger partial charge on any atom is 0.151 e. The molecule has 0 radical (unpaired) electrons. The van der Waals surface area contributed by atoms with Gasteiger partial charge in [-0.2, -0.15) is 5.10 Å². The summed E-state index contributed by atoms with van der Waals surface area (Å²) in [5, 5.41) is 12.1. The zero-order chi connectivity index (χ0) is 14.5. The van der Waals surface area contributed by atoms with E-state index in [1.54, 1.807) is 0 Å². The molecule has 5 nitrogen and oxygen atoms in total. The molecule has 0 spiro atoms. The summed E-state index contributed by atoms with van der Waals surface area (Å²) < 4.78 is 0. The minimum atomic E-state index is 0.697. The highest BCUT2D eigenvalue weighted by atomic mass is 15.3. The summed E-state index contributed by atoms with van der Waals surface area (Å²) in [4.78, 5) is 6.54. The Bertz CT molecular complexity index is 551. The molecule has 2 heterocycles. The standard InChI is InChI=1S/C16H21N5/c1-2-21(12-15-5-3-4-10-17-15)16-9-8-14(19-20-16)11-18-13-6-7-13/h3-5,8-10,13,18H,2,6-7,11-12H2,1H3. The average Bonchev–Trinajstić information content (AvgIpc) is 3.37.